The van der Waals surface area contributed by atoms with E-state index < -0.39 is 11.9 Å². The summed E-state index contributed by atoms with van der Waals surface area (Å²) in [4.78, 5) is 18.5. The molecule has 0 fully saturated rings. The summed E-state index contributed by atoms with van der Waals surface area (Å²) in [5.41, 5.74) is 12.0. The third-order valence-corrected chi connectivity index (χ3v) is 2.24. The average Bonchev–Trinajstić information content (AvgIpc) is 2.30. The van der Waals surface area contributed by atoms with E-state index in [0.717, 1.165) is 0 Å². The lowest BCUT2D eigenvalue weighted by Crippen LogP contribution is -2.14. The Labute approximate surface area is 96.3 Å². The zero-order valence-electron chi connectivity index (χ0n) is 8.72. The molecule has 17 heavy (non-hydrogen) atoms. The van der Waals surface area contributed by atoms with Gasteiger partial charge in [0.05, 0.1) is 5.56 Å². The fraction of sp³-hybridized carbons (Fsp3) is 0. The first-order chi connectivity index (χ1) is 8.08. The minimum absolute atomic E-state index is 0.0660. The van der Waals surface area contributed by atoms with Crippen molar-refractivity contribution in [1.29, 1.82) is 0 Å². The van der Waals surface area contributed by atoms with Gasteiger partial charge in [0, 0.05) is 23.5 Å². The summed E-state index contributed by atoms with van der Waals surface area (Å²) in [5.74, 6) is -1.17. The zero-order chi connectivity index (χ0) is 12.4. The quantitative estimate of drug-likeness (QED) is 0.754. The SMILES string of the molecule is NC(=O)c1cc(-c2ccc(F)nc2)cnc1N. The predicted molar refractivity (Wildman–Crippen MR) is 60.4 cm³/mol. The highest BCUT2D eigenvalue weighted by atomic mass is 19.1. The molecule has 0 unspecified atom stereocenters. The van der Waals surface area contributed by atoms with Crippen LogP contribution in [0.1, 0.15) is 10.4 Å². The van der Waals surface area contributed by atoms with Crippen molar-refractivity contribution in [2.24, 2.45) is 5.73 Å². The minimum atomic E-state index is -0.660. The highest BCUT2D eigenvalue weighted by Crippen LogP contribution is 2.21. The van der Waals surface area contributed by atoms with Gasteiger partial charge in [-0.2, -0.15) is 4.39 Å². The molecule has 2 rings (SSSR count). The van der Waals surface area contributed by atoms with Crippen LogP contribution in [0.25, 0.3) is 11.1 Å². The molecule has 0 aliphatic carbocycles. The number of primary amides is 1. The number of anilines is 1. The van der Waals surface area contributed by atoms with Crippen LogP contribution in [0.3, 0.4) is 0 Å². The Balaban J connectivity index is 2.50. The number of aromatic nitrogens is 2. The third-order valence-electron chi connectivity index (χ3n) is 2.24. The van der Waals surface area contributed by atoms with Gasteiger partial charge in [-0.05, 0) is 18.2 Å². The maximum absolute atomic E-state index is 12.7. The first kappa shape index (κ1) is 11.0. The Hall–Kier alpha value is -2.50. The lowest BCUT2D eigenvalue weighted by molar-refractivity contribution is 0.100. The number of rotatable bonds is 2. The van der Waals surface area contributed by atoms with Gasteiger partial charge in [0.1, 0.15) is 5.82 Å². The molecule has 0 saturated carbocycles. The molecule has 5 nitrogen and oxygen atoms in total. The summed E-state index contributed by atoms with van der Waals surface area (Å²) in [7, 11) is 0. The standard InChI is InChI=1S/C11H9FN4O/c12-9-2-1-6(4-15-9)7-3-8(11(14)17)10(13)16-5-7/h1-5H,(H2,13,16)(H2,14,17). The number of nitrogen functional groups attached to an aromatic ring is 1. The molecule has 0 atom stereocenters. The molecule has 0 aromatic carbocycles. The predicted octanol–water partition coefficient (Wildman–Crippen LogP) is 0.964. The van der Waals surface area contributed by atoms with E-state index >= 15 is 0 Å². The van der Waals surface area contributed by atoms with Gasteiger partial charge >= 0.3 is 0 Å². The number of hydrogen-bond acceptors (Lipinski definition) is 4. The summed E-state index contributed by atoms with van der Waals surface area (Å²) >= 11 is 0. The summed E-state index contributed by atoms with van der Waals surface area (Å²) in [6, 6.07) is 4.25. The fourth-order valence-electron chi connectivity index (χ4n) is 1.38. The first-order valence-corrected chi connectivity index (χ1v) is 4.75. The second-order valence-corrected chi connectivity index (χ2v) is 3.39. The Morgan fingerprint density at radius 2 is 1.88 bits per heavy atom. The molecule has 0 saturated heterocycles. The molecule has 0 radical (unpaired) electrons. The van der Waals surface area contributed by atoms with Gasteiger partial charge in [0.2, 0.25) is 5.95 Å². The number of amides is 1. The van der Waals surface area contributed by atoms with Gasteiger partial charge in [-0.25, -0.2) is 9.97 Å². The van der Waals surface area contributed by atoms with Crippen molar-refractivity contribution in [3.8, 4) is 11.1 Å². The van der Waals surface area contributed by atoms with Crippen molar-refractivity contribution >= 4 is 11.7 Å². The van der Waals surface area contributed by atoms with Crippen LogP contribution in [-0.2, 0) is 0 Å². The Morgan fingerprint density at radius 1 is 1.18 bits per heavy atom. The Morgan fingerprint density at radius 3 is 2.47 bits per heavy atom. The minimum Gasteiger partial charge on any atom is -0.383 e. The highest BCUT2D eigenvalue weighted by Gasteiger charge is 2.09. The van der Waals surface area contributed by atoms with Crippen LogP contribution in [0.15, 0.2) is 30.6 Å². The van der Waals surface area contributed by atoms with Gasteiger partial charge in [-0.3, -0.25) is 4.79 Å². The average molecular weight is 232 g/mol. The van der Waals surface area contributed by atoms with Gasteiger partial charge in [-0.15, -0.1) is 0 Å². The van der Waals surface area contributed by atoms with Crippen molar-refractivity contribution in [3.63, 3.8) is 0 Å². The van der Waals surface area contributed by atoms with E-state index in [4.69, 9.17) is 11.5 Å². The summed E-state index contributed by atoms with van der Waals surface area (Å²) in [5, 5.41) is 0. The monoisotopic (exact) mass is 232 g/mol. The van der Waals surface area contributed by atoms with Gasteiger partial charge in [-0.1, -0.05) is 0 Å². The maximum Gasteiger partial charge on any atom is 0.252 e. The number of nitrogens with zero attached hydrogens (tertiary/aromatic N) is 2. The van der Waals surface area contributed by atoms with Gasteiger partial charge < -0.3 is 11.5 Å². The molecule has 2 aromatic rings. The number of halogens is 1. The lowest BCUT2D eigenvalue weighted by atomic mass is 10.1. The molecule has 0 aliphatic heterocycles. The summed E-state index contributed by atoms with van der Waals surface area (Å²) in [6.45, 7) is 0. The molecule has 1 amide bonds. The van der Waals surface area contributed by atoms with E-state index in [-0.39, 0.29) is 11.4 Å². The largest absolute Gasteiger partial charge is 0.383 e. The molecule has 2 aromatic heterocycles. The fourth-order valence-corrected chi connectivity index (χ4v) is 1.38. The second kappa shape index (κ2) is 4.17. The van der Waals surface area contributed by atoms with E-state index in [2.05, 4.69) is 9.97 Å². The molecule has 86 valence electrons. The molecular weight excluding hydrogens is 223 g/mol. The molecule has 0 bridgehead atoms. The van der Waals surface area contributed by atoms with Crippen LogP contribution >= 0.6 is 0 Å². The van der Waals surface area contributed by atoms with Crippen molar-refractivity contribution in [2.75, 3.05) is 5.73 Å². The van der Waals surface area contributed by atoms with Crippen LogP contribution in [0.2, 0.25) is 0 Å². The Bertz CT molecular complexity index is 568. The van der Waals surface area contributed by atoms with Gasteiger partial charge in [0.25, 0.3) is 5.91 Å². The molecule has 0 aliphatic rings. The zero-order valence-corrected chi connectivity index (χ0v) is 8.72. The maximum atomic E-state index is 12.7. The van der Waals surface area contributed by atoms with Crippen molar-refractivity contribution in [1.82, 2.24) is 9.97 Å². The van der Waals surface area contributed by atoms with Crippen LogP contribution in [0.5, 0.6) is 0 Å². The Kier molecular flexibility index (Phi) is 2.70. The number of carbonyl (C=O) groups is 1. The van der Waals surface area contributed by atoms with E-state index in [9.17, 15) is 9.18 Å². The van der Waals surface area contributed by atoms with E-state index in [1.165, 1.54) is 30.6 Å². The summed E-state index contributed by atoms with van der Waals surface area (Å²) < 4.78 is 12.7. The van der Waals surface area contributed by atoms with Crippen LogP contribution < -0.4 is 11.5 Å². The lowest BCUT2D eigenvalue weighted by Gasteiger charge is -2.04. The molecule has 4 N–H and O–H groups in total. The topological polar surface area (TPSA) is 94.9 Å². The van der Waals surface area contributed by atoms with Crippen molar-refractivity contribution in [2.45, 2.75) is 0 Å². The third kappa shape index (κ3) is 2.20. The smallest absolute Gasteiger partial charge is 0.252 e. The first-order valence-electron chi connectivity index (χ1n) is 4.75. The van der Waals surface area contributed by atoms with E-state index in [1.807, 2.05) is 0 Å². The number of pyridine rings is 2. The van der Waals surface area contributed by atoms with Crippen LogP contribution in [0, 0.1) is 5.95 Å². The van der Waals surface area contributed by atoms with Crippen LogP contribution in [-0.4, -0.2) is 15.9 Å². The molecule has 2 heterocycles. The van der Waals surface area contributed by atoms with Crippen LogP contribution in [0.4, 0.5) is 10.2 Å². The second-order valence-electron chi connectivity index (χ2n) is 3.39. The van der Waals surface area contributed by atoms with Crippen molar-refractivity contribution in [3.05, 3.63) is 42.1 Å². The number of nitrogens with two attached hydrogens (primary N) is 2. The van der Waals surface area contributed by atoms with E-state index in [0.29, 0.717) is 11.1 Å². The number of hydrogen-bond donors (Lipinski definition) is 2. The molecule has 0 spiro atoms. The van der Waals surface area contributed by atoms with Gasteiger partial charge in [0.15, 0.2) is 0 Å². The highest BCUT2D eigenvalue weighted by molar-refractivity contribution is 5.98. The molecule has 6 heteroatoms. The van der Waals surface area contributed by atoms with Crippen molar-refractivity contribution < 1.29 is 9.18 Å². The molecular formula is C11H9FN4O. The van der Waals surface area contributed by atoms with E-state index in [1.54, 1.807) is 0 Å². The summed E-state index contributed by atoms with van der Waals surface area (Å²) in [6.07, 6.45) is 2.81. The number of carbonyl (C=O) groups excluding carboxylic acids is 1. The normalized spacial score (nSPS) is 10.2.